The molecule has 0 N–H and O–H groups in total. The maximum absolute atomic E-state index is 12.0. The lowest BCUT2D eigenvalue weighted by Crippen LogP contribution is -2.37. The van der Waals surface area contributed by atoms with Crippen molar-refractivity contribution in [3.8, 4) is 11.8 Å². The van der Waals surface area contributed by atoms with Crippen LogP contribution in [0.3, 0.4) is 0 Å². The number of hydrogen-bond donors (Lipinski definition) is 0. The number of nitriles is 1. The van der Waals surface area contributed by atoms with Crippen molar-refractivity contribution in [2.24, 2.45) is 5.10 Å². The third-order valence-electron chi connectivity index (χ3n) is 3.59. The van der Waals surface area contributed by atoms with Crippen LogP contribution >= 0.6 is 0 Å². The topological polar surface area (TPSA) is 92.0 Å². The second-order valence-electron chi connectivity index (χ2n) is 5.40. The number of benzene rings is 2. The lowest BCUT2D eigenvalue weighted by atomic mass is 10.2. The van der Waals surface area contributed by atoms with Crippen LogP contribution in [0, 0.1) is 11.3 Å². The first-order valence-electron chi connectivity index (χ1n) is 7.94. The number of ether oxygens (including phenoxy) is 2. The highest BCUT2D eigenvalue weighted by Crippen LogP contribution is 2.17. The van der Waals surface area contributed by atoms with E-state index in [1.165, 1.54) is 5.01 Å². The molecular weight excluding hydrogens is 334 g/mol. The van der Waals surface area contributed by atoms with Gasteiger partial charge < -0.3 is 9.47 Å². The lowest BCUT2D eigenvalue weighted by molar-refractivity contribution is -0.135. The first-order chi connectivity index (χ1) is 12.7. The SMILES string of the molecule is N#CCCN1N=C(c2ccc(OC(=O)c3ccccc3)cc2)OCC1=O. The molecule has 0 bridgehead atoms. The Morgan fingerprint density at radius 2 is 1.92 bits per heavy atom. The van der Waals surface area contributed by atoms with Gasteiger partial charge in [-0.05, 0) is 36.4 Å². The van der Waals surface area contributed by atoms with E-state index in [1.54, 1.807) is 48.5 Å². The van der Waals surface area contributed by atoms with Crippen LogP contribution in [0.25, 0.3) is 0 Å². The van der Waals surface area contributed by atoms with Gasteiger partial charge in [0.05, 0.1) is 24.6 Å². The Bertz CT molecular complexity index is 870. The molecule has 0 unspecified atom stereocenters. The monoisotopic (exact) mass is 349 g/mol. The van der Waals surface area contributed by atoms with Crippen LogP contribution in [0.2, 0.25) is 0 Å². The maximum Gasteiger partial charge on any atom is 0.343 e. The van der Waals surface area contributed by atoms with Gasteiger partial charge in [0.15, 0.2) is 6.61 Å². The van der Waals surface area contributed by atoms with Crippen LogP contribution < -0.4 is 4.74 Å². The number of hydrazone groups is 1. The summed E-state index contributed by atoms with van der Waals surface area (Å²) < 4.78 is 10.7. The molecule has 0 fully saturated rings. The van der Waals surface area contributed by atoms with Gasteiger partial charge in [-0.2, -0.15) is 5.26 Å². The van der Waals surface area contributed by atoms with E-state index in [0.29, 0.717) is 16.9 Å². The zero-order chi connectivity index (χ0) is 18.4. The molecule has 26 heavy (non-hydrogen) atoms. The van der Waals surface area contributed by atoms with Crippen molar-refractivity contribution in [1.29, 1.82) is 5.26 Å². The maximum atomic E-state index is 12.0. The summed E-state index contributed by atoms with van der Waals surface area (Å²) >= 11 is 0. The Kier molecular flexibility index (Phi) is 5.25. The van der Waals surface area contributed by atoms with E-state index in [4.69, 9.17) is 14.7 Å². The minimum absolute atomic E-state index is 0.130. The van der Waals surface area contributed by atoms with Gasteiger partial charge in [0.25, 0.3) is 5.91 Å². The molecule has 1 aliphatic heterocycles. The van der Waals surface area contributed by atoms with Crippen LogP contribution in [-0.4, -0.2) is 35.9 Å². The number of esters is 1. The molecule has 1 aliphatic rings. The molecule has 0 saturated carbocycles. The van der Waals surface area contributed by atoms with Crippen molar-refractivity contribution in [3.05, 3.63) is 65.7 Å². The molecule has 130 valence electrons. The number of hydrogen-bond acceptors (Lipinski definition) is 6. The van der Waals surface area contributed by atoms with Gasteiger partial charge in [0.1, 0.15) is 5.75 Å². The third kappa shape index (κ3) is 4.05. The fraction of sp³-hybridized carbons (Fsp3) is 0.158. The van der Waals surface area contributed by atoms with Gasteiger partial charge in [-0.1, -0.05) is 18.2 Å². The molecule has 0 spiro atoms. The lowest BCUT2D eigenvalue weighted by Gasteiger charge is -2.23. The van der Waals surface area contributed by atoms with Crippen molar-refractivity contribution in [2.45, 2.75) is 6.42 Å². The molecule has 7 heteroatoms. The minimum atomic E-state index is -0.446. The van der Waals surface area contributed by atoms with Gasteiger partial charge in [0.2, 0.25) is 5.90 Å². The molecule has 1 heterocycles. The summed E-state index contributed by atoms with van der Waals surface area (Å²) in [6.45, 7) is 0.0873. The van der Waals surface area contributed by atoms with E-state index >= 15 is 0 Å². The zero-order valence-electron chi connectivity index (χ0n) is 13.8. The van der Waals surface area contributed by atoms with Gasteiger partial charge >= 0.3 is 5.97 Å². The summed E-state index contributed by atoms with van der Waals surface area (Å²) in [5, 5.41) is 14.0. The molecule has 0 aliphatic carbocycles. The molecule has 0 radical (unpaired) electrons. The van der Waals surface area contributed by atoms with Gasteiger partial charge in [0, 0.05) is 5.56 Å². The minimum Gasteiger partial charge on any atom is -0.466 e. The second kappa shape index (κ2) is 7.94. The van der Waals surface area contributed by atoms with Gasteiger partial charge in [-0.15, -0.1) is 5.10 Å². The van der Waals surface area contributed by atoms with Crippen molar-refractivity contribution in [1.82, 2.24) is 5.01 Å². The molecule has 2 aromatic carbocycles. The summed E-state index contributed by atoms with van der Waals surface area (Å²) in [6.07, 6.45) is 0.191. The van der Waals surface area contributed by atoms with E-state index in [0.717, 1.165) is 0 Å². The first kappa shape index (κ1) is 17.2. The second-order valence-corrected chi connectivity index (χ2v) is 5.40. The molecule has 0 aromatic heterocycles. The number of nitrogens with zero attached hydrogens (tertiary/aromatic N) is 3. The normalized spacial score (nSPS) is 13.4. The van der Waals surface area contributed by atoms with Crippen molar-refractivity contribution >= 4 is 17.8 Å². The molecular formula is C19H15N3O4. The number of amides is 1. The zero-order valence-corrected chi connectivity index (χ0v) is 13.8. The first-order valence-corrected chi connectivity index (χ1v) is 7.94. The summed E-state index contributed by atoms with van der Waals surface area (Å²) in [7, 11) is 0. The highest BCUT2D eigenvalue weighted by molar-refractivity contribution is 5.98. The Morgan fingerprint density at radius 3 is 2.62 bits per heavy atom. The molecule has 0 atom stereocenters. The highest BCUT2D eigenvalue weighted by Gasteiger charge is 2.22. The number of carbonyl (C=O) groups excluding carboxylic acids is 2. The third-order valence-corrected chi connectivity index (χ3v) is 3.59. The summed E-state index contributed by atoms with van der Waals surface area (Å²) in [6, 6.07) is 17.3. The number of rotatable bonds is 5. The highest BCUT2D eigenvalue weighted by atomic mass is 16.5. The molecule has 3 rings (SSSR count). The predicted molar refractivity (Wildman–Crippen MR) is 92.3 cm³/mol. The van der Waals surface area contributed by atoms with Gasteiger partial charge in [-0.3, -0.25) is 4.79 Å². The largest absolute Gasteiger partial charge is 0.466 e. The van der Waals surface area contributed by atoms with E-state index < -0.39 is 5.97 Å². The van der Waals surface area contributed by atoms with E-state index in [2.05, 4.69) is 5.10 Å². The van der Waals surface area contributed by atoms with Crippen molar-refractivity contribution in [3.63, 3.8) is 0 Å². The Labute approximate surface area is 150 Å². The summed E-state index contributed by atoms with van der Waals surface area (Å²) in [4.78, 5) is 23.8. The summed E-state index contributed by atoms with van der Waals surface area (Å²) in [5.41, 5.74) is 1.10. The van der Waals surface area contributed by atoms with Crippen LogP contribution in [0.5, 0.6) is 5.75 Å². The Hall–Kier alpha value is -3.66. The molecule has 0 saturated heterocycles. The van der Waals surface area contributed by atoms with Crippen molar-refractivity contribution < 1.29 is 19.1 Å². The predicted octanol–water partition coefficient (Wildman–Crippen LogP) is 2.34. The van der Waals surface area contributed by atoms with Crippen LogP contribution in [-0.2, 0) is 9.53 Å². The van der Waals surface area contributed by atoms with Crippen LogP contribution in [0.1, 0.15) is 22.3 Å². The Balaban J connectivity index is 1.70. The van der Waals surface area contributed by atoms with Crippen LogP contribution in [0.4, 0.5) is 0 Å². The molecule has 2 aromatic rings. The molecule has 7 nitrogen and oxygen atoms in total. The van der Waals surface area contributed by atoms with Crippen molar-refractivity contribution in [2.75, 3.05) is 13.2 Å². The fourth-order valence-corrected chi connectivity index (χ4v) is 2.28. The summed E-state index contributed by atoms with van der Waals surface area (Å²) in [5.74, 6) is -0.0739. The average Bonchev–Trinajstić information content (AvgIpc) is 2.69. The Morgan fingerprint density at radius 1 is 1.19 bits per heavy atom. The smallest absolute Gasteiger partial charge is 0.343 e. The quantitative estimate of drug-likeness (QED) is 0.610. The fourth-order valence-electron chi connectivity index (χ4n) is 2.28. The van der Waals surface area contributed by atoms with E-state index in [9.17, 15) is 9.59 Å². The average molecular weight is 349 g/mol. The molecule has 1 amide bonds. The van der Waals surface area contributed by atoms with E-state index in [1.807, 2.05) is 12.1 Å². The van der Waals surface area contributed by atoms with Gasteiger partial charge in [-0.25, -0.2) is 9.80 Å². The number of carbonyl (C=O) groups is 2. The van der Waals surface area contributed by atoms with E-state index in [-0.39, 0.29) is 31.4 Å². The standard InChI is InChI=1S/C19H15N3O4/c20-11-4-12-22-17(23)13-25-18(21-22)14-7-9-16(10-8-14)26-19(24)15-5-2-1-3-6-15/h1-3,5-10H,4,12-13H2. The van der Waals surface area contributed by atoms with Crippen LogP contribution in [0.15, 0.2) is 59.7 Å².